The maximum atomic E-state index is 11.4. The number of carboxylic acid groups (broad SMARTS) is 1. The molecule has 0 aromatic heterocycles. The summed E-state index contributed by atoms with van der Waals surface area (Å²) in [6, 6.07) is 14.5. The monoisotopic (exact) mass is 397 g/mol. The molecule has 2 aromatic rings. The van der Waals surface area contributed by atoms with Gasteiger partial charge in [-0.25, -0.2) is 4.79 Å². The van der Waals surface area contributed by atoms with Crippen LogP contribution in [-0.2, 0) is 0 Å². The van der Waals surface area contributed by atoms with Crippen LogP contribution in [0.25, 0.3) is 0 Å². The van der Waals surface area contributed by atoms with Gasteiger partial charge in [-0.05, 0) is 84.4 Å². The van der Waals surface area contributed by atoms with Gasteiger partial charge in [-0.1, -0.05) is 28.1 Å². The number of carboxylic acids is 1. The fraction of sp³-hybridized carbons (Fsp3) is 0.381. The molecule has 5 atom stereocenters. The first-order chi connectivity index (χ1) is 12.1. The molecule has 25 heavy (non-hydrogen) atoms. The zero-order chi connectivity index (χ0) is 17.1. The predicted molar refractivity (Wildman–Crippen MR) is 101 cm³/mol. The summed E-state index contributed by atoms with van der Waals surface area (Å²) in [4.78, 5) is 11.4. The molecule has 2 saturated carbocycles. The Bertz CT molecular complexity index is 865. The molecule has 4 heteroatoms. The van der Waals surface area contributed by atoms with Crippen molar-refractivity contribution in [1.29, 1.82) is 0 Å². The van der Waals surface area contributed by atoms with E-state index in [1.54, 1.807) is 6.07 Å². The number of aromatic carboxylic acids is 1. The molecule has 3 aliphatic rings. The van der Waals surface area contributed by atoms with E-state index >= 15 is 0 Å². The number of fused-ring (bicyclic) bond motifs is 7. The maximum absolute atomic E-state index is 11.4. The minimum Gasteiger partial charge on any atom is -0.478 e. The van der Waals surface area contributed by atoms with Crippen molar-refractivity contribution in [3.05, 3.63) is 63.6 Å². The number of anilines is 1. The molecule has 2 aliphatic carbocycles. The van der Waals surface area contributed by atoms with Crippen molar-refractivity contribution in [2.45, 2.75) is 31.2 Å². The lowest BCUT2D eigenvalue weighted by molar-refractivity contribution is 0.0696. The molecular weight excluding hydrogens is 378 g/mol. The Balaban J connectivity index is 1.64. The normalized spacial score (nSPS) is 32.0. The van der Waals surface area contributed by atoms with Gasteiger partial charge >= 0.3 is 5.97 Å². The molecule has 1 heterocycles. The van der Waals surface area contributed by atoms with E-state index in [2.05, 4.69) is 45.5 Å². The van der Waals surface area contributed by atoms with Crippen LogP contribution in [0.4, 0.5) is 5.69 Å². The zero-order valence-electron chi connectivity index (χ0n) is 13.8. The molecule has 0 amide bonds. The summed E-state index contributed by atoms with van der Waals surface area (Å²) in [6.45, 7) is 0. The fourth-order valence-corrected chi connectivity index (χ4v) is 6.07. The average molecular weight is 398 g/mol. The van der Waals surface area contributed by atoms with Crippen LogP contribution in [0.3, 0.4) is 0 Å². The second-order valence-corrected chi connectivity index (χ2v) is 8.64. The molecule has 2 fully saturated rings. The Morgan fingerprint density at radius 2 is 1.96 bits per heavy atom. The Labute approximate surface area is 155 Å². The Morgan fingerprint density at radius 1 is 1.12 bits per heavy atom. The number of benzene rings is 2. The third kappa shape index (κ3) is 2.34. The summed E-state index contributed by atoms with van der Waals surface area (Å²) in [5, 5.41) is 13.1. The van der Waals surface area contributed by atoms with Gasteiger partial charge < -0.3 is 10.4 Å². The van der Waals surface area contributed by atoms with Gasteiger partial charge in [0, 0.05) is 10.2 Å². The lowest BCUT2D eigenvalue weighted by Gasteiger charge is -2.43. The van der Waals surface area contributed by atoms with E-state index in [0.717, 1.165) is 16.1 Å². The minimum atomic E-state index is -0.836. The second kappa shape index (κ2) is 5.60. The van der Waals surface area contributed by atoms with Crippen LogP contribution in [0.2, 0.25) is 0 Å². The summed E-state index contributed by atoms with van der Waals surface area (Å²) >= 11 is 3.61. The molecule has 0 radical (unpaired) electrons. The smallest absolute Gasteiger partial charge is 0.335 e. The van der Waals surface area contributed by atoms with E-state index in [1.807, 2.05) is 12.1 Å². The van der Waals surface area contributed by atoms with Crippen LogP contribution in [-0.4, -0.2) is 11.1 Å². The highest BCUT2D eigenvalue weighted by molar-refractivity contribution is 9.10. The summed E-state index contributed by atoms with van der Waals surface area (Å²) in [5.74, 6) is 1.65. The number of nitrogens with one attached hydrogen (secondary N) is 1. The van der Waals surface area contributed by atoms with Crippen LogP contribution >= 0.6 is 15.9 Å². The number of hydrogen-bond donors (Lipinski definition) is 2. The molecule has 128 valence electrons. The highest BCUT2D eigenvalue weighted by Crippen LogP contribution is 2.63. The number of carbonyl (C=O) groups is 1. The van der Waals surface area contributed by atoms with Crippen LogP contribution in [0.5, 0.6) is 0 Å². The van der Waals surface area contributed by atoms with Gasteiger partial charge in [-0.15, -0.1) is 0 Å². The molecule has 0 saturated heterocycles. The molecule has 2 N–H and O–H groups in total. The van der Waals surface area contributed by atoms with Crippen molar-refractivity contribution in [3.8, 4) is 0 Å². The van der Waals surface area contributed by atoms with E-state index in [1.165, 1.54) is 30.4 Å². The summed E-state index contributed by atoms with van der Waals surface area (Å²) in [7, 11) is 0. The van der Waals surface area contributed by atoms with Gasteiger partial charge in [0.25, 0.3) is 0 Å². The van der Waals surface area contributed by atoms with E-state index in [4.69, 9.17) is 0 Å². The number of hydrogen-bond acceptors (Lipinski definition) is 2. The maximum Gasteiger partial charge on any atom is 0.335 e. The third-order valence-electron chi connectivity index (χ3n) is 6.54. The van der Waals surface area contributed by atoms with E-state index in [9.17, 15) is 9.90 Å². The minimum absolute atomic E-state index is 0.306. The molecule has 2 bridgehead atoms. The average Bonchev–Trinajstić information content (AvgIpc) is 3.22. The van der Waals surface area contributed by atoms with Gasteiger partial charge in [-0.3, -0.25) is 0 Å². The Morgan fingerprint density at radius 3 is 2.76 bits per heavy atom. The lowest BCUT2D eigenvalue weighted by atomic mass is 9.68. The van der Waals surface area contributed by atoms with Crippen molar-refractivity contribution in [2.24, 2.45) is 17.8 Å². The molecular formula is C21H20BrNO2. The molecule has 1 aliphatic heterocycles. The molecule has 2 aromatic carbocycles. The van der Waals surface area contributed by atoms with Crippen LogP contribution < -0.4 is 5.32 Å². The highest BCUT2D eigenvalue weighted by Gasteiger charge is 2.53. The standard InChI is InChI=1S/C21H20BrNO2/c22-15-3-1-2-13(9-15)20-19-12-5-4-11(8-12)18(19)16-10-14(21(24)25)6-7-17(16)23-20/h1-3,6-7,9-12,18-20,23H,4-5,8H2,(H,24,25). The fourth-order valence-electron chi connectivity index (χ4n) is 5.65. The molecule has 5 unspecified atom stereocenters. The van der Waals surface area contributed by atoms with Crippen LogP contribution in [0, 0.1) is 17.8 Å². The summed E-state index contributed by atoms with van der Waals surface area (Å²) in [5.41, 5.74) is 4.07. The molecule has 3 nitrogen and oxygen atoms in total. The van der Waals surface area contributed by atoms with Gasteiger partial charge in [0.15, 0.2) is 0 Å². The van der Waals surface area contributed by atoms with E-state index in [0.29, 0.717) is 29.4 Å². The highest BCUT2D eigenvalue weighted by atomic mass is 79.9. The summed E-state index contributed by atoms with van der Waals surface area (Å²) < 4.78 is 1.11. The van der Waals surface area contributed by atoms with Gasteiger partial charge in [0.05, 0.1) is 11.6 Å². The Kier molecular flexibility index (Phi) is 3.46. The zero-order valence-corrected chi connectivity index (χ0v) is 15.4. The predicted octanol–water partition coefficient (Wildman–Crippen LogP) is 5.44. The van der Waals surface area contributed by atoms with E-state index in [-0.39, 0.29) is 0 Å². The van der Waals surface area contributed by atoms with Crippen molar-refractivity contribution in [1.82, 2.24) is 0 Å². The molecule has 5 rings (SSSR count). The van der Waals surface area contributed by atoms with Crippen molar-refractivity contribution in [3.63, 3.8) is 0 Å². The number of rotatable bonds is 2. The van der Waals surface area contributed by atoms with Crippen molar-refractivity contribution >= 4 is 27.6 Å². The second-order valence-electron chi connectivity index (χ2n) is 7.72. The Hall–Kier alpha value is -1.81. The van der Waals surface area contributed by atoms with Gasteiger partial charge in [0.1, 0.15) is 0 Å². The summed E-state index contributed by atoms with van der Waals surface area (Å²) in [6.07, 6.45) is 3.89. The lowest BCUT2D eigenvalue weighted by Crippen LogP contribution is -2.35. The largest absolute Gasteiger partial charge is 0.478 e. The quantitative estimate of drug-likeness (QED) is 0.708. The first-order valence-electron chi connectivity index (χ1n) is 9.01. The van der Waals surface area contributed by atoms with Crippen molar-refractivity contribution in [2.75, 3.05) is 5.32 Å². The number of halogens is 1. The topological polar surface area (TPSA) is 49.3 Å². The van der Waals surface area contributed by atoms with Gasteiger partial charge in [0.2, 0.25) is 0 Å². The molecule has 0 spiro atoms. The van der Waals surface area contributed by atoms with Gasteiger partial charge in [-0.2, -0.15) is 0 Å². The van der Waals surface area contributed by atoms with Crippen LogP contribution in [0.1, 0.15) is 52.7 Å². The van der Waals surface area contributed by atoms with Crippen LogP contribution in [0.15, 0.2) is 46.9 Å². The van der Waals surface area contributed by atoms with E-state index < -0.39 is 5.97 Å². The first kappa shape index (κ1) is 15.4. The van der Waals surface area contributed by atoms with Crippen molar-refractivity contribution < 1.29 is 9.90 Å². The first-order valence-corrected chi connectivity index (χ1v) is 9.80. The SMILES string of the molecule is O=C(O)c1ccc2c(c1)C1C3CCC(C3)C1C(c1cccc(Br)c1)N2. The third-order valence-corrected chi connectivity index (χ3v) is 7.04.